The molecule has 0 radical (unpaired) electrons. The molecule has 0 bridgehead atoms. The van der Waals surface area contributed by atoms with Gasteiger partial charge in [0.1, 0.15) is 57.0 Å². The lowest BCUT2D eigenvalue weighted by Gasteiger charge is -2.27. The molecule has 0 atom stereocenters. The first-order chi connectivity index (χ1) is 28.1. The average molecular weight is 809 g/mol. The van der Waals surface area contributed by atoms with Crippen molar-refractivity contribution >= 4 is 91.7 Å². The molecular weight excluding hydrogens is 767 g/mol. The Morgan fingerprint density at radius 3 is 0.579 bits per heavy atom. The third-order valence-corrected chi connectivity index (χ3v) is 18.0. The molecule has 0 unspecified atom stereocenters. The van der Waals surface area contributed by atoms with E-state index in [2.05, 4.69) is 268 Å². The molecule has 0 aromatic heterocycles. The third-order valence-electron chi connectivity index (χ3n) is 9.43. The summed E-state index contributed by atoms with van der Waals surface area (Å²) >= 11 is 7.40. The molecule has 278 valence electrons. The van der Waals surface area contributed by atoms with Crippen molar-refractivity contribution in [2.24, 2.45) is 0 Å². The Morgan fingerprint density at radius 1 is 0.281 bits per heavy atom. The van der Waals surface area contributed by atoms with Crippen LogP contribution in [0.25, 0.3) is 10.8 Å². The quantitative estimate of drug-likeness (QED) is 0.0872. The van der Waals surface area contributed by atoms with Crippen LogP contribution in [0, 0.1) is 6.92 Å². The second kappa shape index (κ2) is 22.1. The van der Waals surface area contributed by atoms with Gasteiger partial charge in [0.15, 0.2) is 0 Å². The van der Waals surface area contributed by atoms with Crippen molar-refractivity contribution in [2.45, 2.75) is 6.92 Å². The van der Waals surface area contributed by atoms with E-state index in [1.807, 2.05) is 0 Å². The van der Waals surface area contributed by atoms with Crippen LogP contribution in [-0.4, -0.2) is 10.3 Å². The second-order valence-corrected chi connectivity index (χ2v) is 19.9. The fraction of sp³-hybridized carbons (Fsp3) is 0.0196. The van der Waals surface area contributed by atoms with E-state index in [1.54, 1.807) is 0 Å². The van der Waals surface area contributed by atoms with Crippen molar-refractivity contribution in [3.63, 3.8) is 0 Å². The Balaban J connectivity index is 0.000000192. The summed E-state index contributed by atoms with van der Waals surface area (Å²) in [4.78, 5) is 0. The number of hydrogen-bond donors (Lipinski definition) is 0. The van der Waals surface area contributed by atoms with Crippen LogP contribution in [0.1, 0.15) is 5.56 Å². The van der Waals surface area contributed by atoms with Gasteiger partial charge in [0.25, 0.3) is 0 Å². The largest absolute Gasteiger partial charge is 0.753 e. The van der Waals surface area contributed by atoms with E-state index in [4.69, 9.17) is 10.8 Å². The molecule has 0 N–H and O–H groups in total. The number of benzene rings is 8. The second-order valence-electron chi connectivity index (χ2n) is 12.7. The van der Waals surface area contributed by atoms with Crippen molar-refractivity contribution in [1.29, 1.82) is 0 Å². The van der Waals surface area contributed by atoms with Gasteiger partial charge in [-0.2, -0.15) is 10.3 Å². The highest BCUT2D eigenvalue weighted by Crippen LogP contribution is 2.55. The summed E-state index contributed by atoms with van der Waals surface area (Å²) in [6.45, 7) is 2.15. The fourth-order valence-corrected chi connectivity index (χ4v) is 15.6. The van der Waals surface area contributed by atoms with Gasteiger partial charge in [-0.05, 0) is 104 Å². The molecule has 8 aromatic rings. The Labute approximate surface area is 349 Å². The number of hydrogen-bond acceptors (Lipinski definition) is 2. The molecule has 0 saturated heterocycles. The molecule has 0 aliphatic heterocycles. The monoisotopic (exact) mass is 808 g/mol. The first-order valence-corrected chi connectivity index (χ1v) is 22.7. The summed E-state index contributed by atoms with van der Waals surface area (Å²) in [6, 6.07) is 85.9. The predicted molar refractivity (Wildman–Crippen MR) is 259 cm³/mol. The Morgan fingerprint density at radius 2 is 0.421 bits per heavy atom. The summed E-state index contributed by atoms with van der Waals surface area (Å²) < 4.78 is 0. The van der Waals surface area contributed by atoms with E-state index < -0.39 is 14.5 Å². The molecule has 0 fully saturated rings. The molecule has 2 nitrogen and oxygen atoms in total. The van der Waals surface area contributed by atoms with E-state index in [1.165, 1.54) is 58.3 Å². The highest BCUT2D eigenvalue weighted by molar-refractivity contribution is 8.02. The van der Waals surface area contributed by atoms with Gasteiger partial charge in [0.2, 0.25) is 0 Å². The number of nitrogens with zero attached hydrogens (tertiary/aromatic N) is 2. The van der Waals surface area contributed by atoms with Gasteiger partial charge in [0, 0.05) is 0 Å². The van der Waals surface area contributed by atoms with Crippen LogP contribution in [0.15, 0.2) is 237 Å². The van der Waals surface area contributed by atoms with Gasteiger partial charge in [-0.15, -0.1) is 0 Å². The highest BCUT2D eigenvalue weighted by Gasteiger charge is 2.48. The van der Waals surface area contributed by atoms with Crippen LogP contribution < -0.4 is 42.4 Å². The van der Waals surface area contributed by atoms with Gasteiger partial charge in [-0.3, -0.25) is 0 Å². The zero-order valence-corrected chi connectivity index (χ0v) is 35.0. The van der Waals surface area contributed by atoms with Gasteiger partial charge >= 0.3 is 0 Å². The van der Waals surface area contributed by atoms with E-state index in [0.29, 0.717) is 0 Å². The van der Waals surface area contributed by atoms with Crippen LogP contribution >= 0.6 is 39.0 Å². The minimum absolute atomic E-state index is 1.29. The first kappa shape index (κ1) is 42.4. The molecular formula is C51H42N2P2S2. The average Bonchev–Trinajstić information content (AvgIpc) is 3.28. The smallest absolute Gasteiger partial charge is 0.144 e. The van der Waals surface area contributed by atoms with Crippen molar-refractivity contribution in [3.8, 4) is 0 Å². The fourth-order valence-electron chi connectivity index (χ4n) is 7.12. The Kier molecular flexibility index (Phi) is 16.4. The summed E-state index contributed by atoms with van der Waals surface area (Å²) in [7, 11) is -3.83. The van der Waals surface area contributed by atoms with Crippen molar-refractivity contribution in [2.75, 3.05) is 0 Å². The SMILES string of the molecule is Cc1ccc([P+](c2ccccc2)(c2ccccc2)c2ccccc2)cc1.[N-]=C=S.[N-]=C=S.c1ccc([P+](c2ccccc2)(c2ccccc2)c2ccccc2)cc1. The van der Waals surface area contributed by atoms with Crippen molar-refractivity contribution in [3.05, 3.63) is 253 Å². The van der Waals surface area contributed by atoms with Gasteiger partial charge in [-0.1, -0.05) is 170 Å². The number of rotatable bonds is 8. The highest BCUT2D eigenvalue weighted by atomic mass is 32.1. The molecule has 8 aromatic carbocycles. The molecule has 0 saturated carbocycles. The predicted octanol–water partition coefficient (Wildman–Crippen LogP) is 10.2. The van der Waals surface area contributed by atoms with E-state index in [9.17, 15) is 0 Å². The molecule has 0 heterocycles. The minimum Gasteiger partial charge on any atom is -0.753 e. The van der Waals surface area contributed by atoms with Crippen LogP contribution in [-0.2, 0) is 0 Å². The van der Waals surface area contributed by atoms with Gasteiger partial charge < -0.3 is 10.8 Å². The summed E-state index contributed by atoms with van der Waals surface area (Å²) in [5.74, 6) is 0. The summed E-state index contributed by atoms with van der Waals surface area (Å²) in [6.07, 6.45) is 0. The summed E-state index contributed by atoms with van der Waals surface area (Å²) in [5.41, 5.74) is 1.29. The minimum atomic E-state index is -1.93. The number of aryl methyl sites for hydroxylation is 1. The lowest BCUT2D eigenvalue weighted by molar-refractivity contribution is 1.49. The molecule has 0 aliphatic carbocycles. The van der Waals surface area contributed by atoms with E-state index >= 15 is 0 Å². The molecule has 0 amide bonds. The van der Waals surface area contributed by atoms with Gasteiger partial charge in [-0.25, -0.2) is 0 Å². The number of thiocarbonyl (C=S) groups is 2. The Bertz CT molecular complexity index is 2150. The van der Waals surface area contributed by atoms with E-state index in [-0.39, 0.29) is 0 Å². The van der Waals surface area contributed by atoms with Crippen LogP contribution in [0.5, 0.6) is 0 Å². The topological polar surface area (TPSA) is 44.6 Å². The maximum absolute atomic E-state index is 7.13. The Hall–Kier alpha value is -5.78. The van der Waals surface area contributed by atoms with Crippen LogP contribution in [0.2, 0.25) is 0 Å². The molecule has 0 aliphatic rings. The molecule has 0 spiro atoms. The van der Waals surface area contributed by atoms with E-state index in [0.717, 1.165) is 0 Å². The zero-order chi connectivity index (χ0) is 40.2. The third kappa shape index (κ3) is 9.97. The maximum atomic E-state index is 7.13. The lowest BCUT2D eigenvalue weighted by atomic mass is 10.2. The maximum Gasteiger partial charge on any atom is 0.144 e. The molecule has 57 heavy (non-hydrogen) atoms. The normalized spacial score (nSPS) is 10.3. The van der Waals surface area contributed by atoms with Crippen molar-refractivity contribution in [1.82, 2.24) is 0 Å². The zero-order valence-electron chi connectivity index (χ0n) is 31.6. The lowest BCUT2D eigenvalue weighted by Crippen LogP contribution is -2.38. The first-order valence-electron chi connectivity index (χ1n) is 18.3. The standard InChI is InChI=1S/C25H22P.C24H20P.2CNS/c1-21-17-19-25(20-18-21)26(22-11-5-2-6-12-22,23-13-7-3-8-14-23)24-15-9-4-10-16-24;1-5-13-21(14-6-1)25(22-15-7-2-8-16-22,23-17-9-3-10-18-23)24-19-11-4-12-20-24;2*2-1-3/h2-20H,1H3;1-20H;;/q2*+1;2*-1. The molecule has 8 rings (SSSR count). The number of isothiocyanates is 2. The van der Waals surface area contributed by atoms with Gasteiger partial charge in [0.05, 0.1) is 0 Å². The van der Waals surface area contributed by atoms with Crippen molar-refractivity contribution < 1.29 is 0 Å². The van der Waals surface area contributed by atoms with Crippen LogP contribution in [0.4, 0.5) is 0 Å². The molecule has 6 heteroatoms. The van der Waals surface area contributed by atoms with Crippen LogP contribution in [0.3, 0.4) is 0 Å². The summed E-state index contributed by atoms with van der Waals surface area (Å²) in [5, 5.41) is 28.1.